The van der Waals surface area contributed by atoms with E-state index in [-0.39, 0.29) is 17.0 Å². The van der Waals surface area contributed by atoms with Gasteiger partial charge in [0.15, 0.2) is 12.3 Å². The number of carboxylic acids is 1. The molecule has 0 saturated carbocycles. The lowest BCUT2D eigenvalue weighted by atomic mass is 10.1. The summed E-state index contributed by atoms with van der Waals surface area (Å²) in [7, 11) is 0. The first-order valence-corrected chi connectivity index (χ1v) is 5.77. The maximum Gasteiger partial charge on any atom is 0.344 e. The molecule has 1 aromatic heterocycles. The van der Waals surface area contributed by atoms with Gasteiger partial charge in [-0.15, -0.1) is 0 Å². The van der Waals surface area contributed by atoms with E-state index in [1.165, 1.54) is 0 Å². The highest BCUT2D eigenvalue weighted by atomic mass is 79.9. The summed E-state index contributed by atoms with van der Waals surface area (Å²) < 4.78 is 7.62. The van der Waals surface area contributed by atoms with Crippen LogP contribution in [0.2, 0.25) is 0 Å². The molecule has 0 unspecified atom stereocenters. The van der Waals surface area contributed by atoms with Crippen molar-refractivity contribution in [3.8, 4) is 0 Å². The van der Waals surface area contributed by atoms with Crippen LogP contribution in [0, 0.1) is 20.8 Å². The third-order valence-electron chi connectivity index (χ3n) is 3.14. The smallest absolute Gasteiger partial charge is 0.344 e. The molecule has 0 spiro atoms. The maximum atomic E-state index is 10.8. The molecule has 0 amide bonds. The molecule has 0 aliphatic carbocycles. The summed E-state index contributed by atoms with van der Waals surface area (Å²) in [6.07, 6.45) is 0. The first kappa shape index (κ1) is 15.4. The number of aromatic nitrogens is 1. The van der Waals surface area contributed by atoms with Crippen LogP contribution < -0.4 is 21.5 Å². The zero-order valence-electron chi connectivity index (χ0n) is 11.1. The van der Waals surface area contributed by atoms with Crippen molar-refractivity contribution in [2.24, 2.45) is 0 Å². The summed E-state index contributed by atoms with van der Waals surface area (Å²) in [5.74, 6) is 0.864. The number of benzene rings is 1. The van der Waals surface area contributed by atoms with Crippen molar-refractivity contribution in [2.45, 2.75) is 27.3 Å². The molecule has 2 aromatic rings. The van der Waals surface area contributed by atoms with E-state index in [1.54, 1.807) is 12.1 Å². The van der Waals surface area contributed by atoms with Crippen LogP contribution in [0.4, 0.5) is 0 Å². The molecule has 1 heterocycles. The molecular weight excluding hydrogens is 310 g/mol. The first-order chi connectivity index (χ1) is 8.49. The second-order valence-corrected chi connectivity index (χ2v) is 4.35. The molecule has 0 saturated heterocycles. The number of carbonyl (C=O) groups is 1. The van der Waals surface area contributed by atoms with Gasteiger partial charge in [0.25, 0.3) is 0 Å². The van der Waals surface area contributed by atoms with Crippen molar-refractivity contribution in [2.75, 3.05) is 0 Å². The van der Waals surface area contributed by atoms with Gasteiger partial charge in [-0.05, 0) is 12.1 Å². The van der Waals surface area contributed by atoms with Crippen LogP contribution in [-0.4, -0.2) is 11.1 Å². The molecule has 102 valence electrons. The van der Waals surface area contributed by atoms with Crippen LogP contribution in [0.5, 0.6) is 0 Å². The van der Waals surface area contributed by atoms with E-state index < -0.39 is 5.97 Å². The molecular formula is C14H16BrNO3. The van der Waals surface area contributed by atoms with Crippen LogP contribution in [0.1, 0.15) is 33.3 Å². The molecule has 0 aliphatic rings. The van der Waals surface area contributed by atoms with Gasteiger partial charge in [-0.3, -0.25) is 0 Å². The van der Waals surface area contributed by atoms with E-state index >= 15 is 0 Å². The second kappa shape index (κ2) is 6.02. The third-order valence-corrected chi connectivity index (χ3v) is 3.14. The zero-order chi connectivity index (χ0) is 13.3. The Morgan fingerprint density at radius 2 is 1.79 bits per heavy atom. The number of halogens is 1. The highest BCUT2D eigenvalue weighted by molar-refractivity contribution is 5.87. The summed E-state index contributed by atoms with van der Waals surface area (Å²) >= 11 is 0. The summed E-state index contributed by atoms with van der Waals surface area (Å²) in [6.45, 7) is 6.56. The van der Waals surface area contributed by atoms with Crippen molar-refractivity contribution < 1.29 is 35.9 Å². The van der Waals surface area contributed by atoms with Gasteiger partial charge < -0.3 is 26.5 Å². The fourth-order valence-electron chi connectivity index (χ4n) is 1.94. The number of nitrogens with zero attached hydrogens (tertiary/aromatic N) is 1. The van der Waals surface area contributed by atoms with Crippen molar-refractivity contribution in [1.29, 1.82) is 0 Å². The Morgan fingerprint density at radius 1 is 1.21 bits per heavy atom. The van der Waals surface area contributed by atoms with Crippen LogP contribution in [-0.2, 0) is 6.54 Å². The quantitative estimate of drug-likeness (QED) is 0.755. The van der Waals surface area contributed by atoms with Crippen LogP contribution in [0.15, 0.2) is 28.7 Å². The Labute approximate surface area is 122 Å². The summed E-state index contributed by atoms with van der Waals surface area (Å²) in [4.78, 5) is 10.8. The van der Waals surface area contributed by atoms with Gasteiger partial charge >= 0.3 is 11.9 Å². The highest BCUT2D eigenvalue weighted by Crippen LogP contribution is 2.09. The summed E-state index contributed by atoms with van der Waals surface area (Å²) in [5, 5.41) is 8.84. The van der Waals surface area contributed by atoms with Crippen LogP contribution in [0.25, 0.3) is 0 Å². The Morgan fingerprint density at radius 3 is 2.21 bits per heavy atom. The average molecular weight is 326 g/mol. The molecule has 0 fully saturated rings. The van der Waals surface area contributed by atoms with Crippen molar-refractivity contribution in [3.05, 3.63) is 52.7 Å². The van der Waals surface area contributed by atoms with E-state index in [0.29, 0.717) is 12.1 Å². The molecule has 5 heteroatoms. The number of aryl methyl sites for hydroxylation is 2. The molecule has 2 rings (SSSR count). The van der Waals surface area contributed by atoms with Gasteiger partial charge in [-0.25, -0.2) is 4.79 Å². The number of oxazole rings is 1. The lowest BCUT2D eigenvalue weighted by Crippen LogP contribution is -3.00. The zero-order valence-corrected chi connectivity index (χ0v) is 12.7. The van der Waals surface area contributed by atoms with Crippen LogP contribution >= 0.6 is 0 Å². The van der Waals surface area contributed by atoms with E-state index in [0.717, 1.165) is 22.9 Å². The van der Waals surface area contributed by atoms with Gasteiger partial charge in [-0.2, -0.15) is 4.57 Å². The first-order valence-electron chi connectivity index (χ1n) is 5.77. The SMILES string of the molecule is Cc1oc(C)[n+](Cc2ccc(C(=O)O)cc2)c1C.[Br-]. The predicted molar refractivity (Wildman–Crippen MR) is 65.6 cm³/mol. The molecule has 1 aromatic carbocycles. The topological polar surface area (TPSA) is 54.3 Å². The van der Waals surface area contributed by atoms with E-state index in [4.69, 9.17) is 9.52 Å². The molecule has 0 radical (unpaired) electrons. The van der Waals surface area contributed by atoms with Crippen LogP contribution in [0.3, 0.4) is 0 Å². The molecule has 19 heavy (non-hydrogen) atoms. The minimum Gasteiger partial charge on any atom is -1.00 e. The van der Waals surface area contributed by atoms with Gasteiger partial charge in [0, 0.05) is 19.4 Å². The minimum absolute atomic E-state index is 0. The van der Waals surface area contributed by atoms with Gasteiger partial charge in [0.05, 0.1) is 12.5 Å². The number of aromatic carboxylic acids is 1. The Kier molecular flexibility index (Phi) is 4.89. The largest absolute Gasteiger partial charge is 1.00 e. The summed E-state index contributed by atoms with van der Waals surface area (Å²) in [5.41, 5.74) is 2.45. The third kappa shape index (κ3) is 3.23. The van der Waals surface area contributed by atoms with Crippen molar-refractivity contribution in [1.82, 2.24) is 0 Å². The molecule has 0 aliphatic heterocycles. The van der Waals surface area contributed by atoms with Crippen molar-refractivity contribution in [3.63, 3.8) is 0 Å². The van der Waals surface area contributed by atoms with Gasteiger partial charge in [0.2, 0.25) is 5.69 Å². The average Bonchev–Trinajstić information content (AvgIpc) is 2.57. The standard InChI is InChI=1S/C14H15NO3.BrH/c1-9-10(2)18-11(3)15(9)8-12-4-6-13(7-5-12)14(16)17;/h4-7H,8H2,1-3H3;1H. The van der Waals surface area contributed by atoms with Gasteiger partial charge in [-0.1, -0.05) is 12.1 Å². The van der Waals surface area contributed by atoms with Crippen molar-refractivity contribution >= 4 is 5.97 Å². The van der Waals surface area contributed by atoms with E-state index in [1.807, 2.05) is 32.9 Å². The van der Waals surface area contributed by atoms with Gasteiger partial charge in [0.1, 0.15) is 0 Å². The van der Waals surface area contributed by atoms with E-state index in [2.05, 4.69) is 4.57 Å². The number of hydrogen-bond donors (Lipinski definition) is 1. The fourth-order valence-corrected chi connectivity index (χ4v) is 1.94. The second-order valence-electron chi connectivity index (χ2n) is 4.35. The fraction of sp³-hybridized carbons (Fsp3) is 0.286. The monoisotopic (exact) mass is 325 g/mol. The summed E-state index contributed by atoms with van der Waals surface area (Å²) in [6, 6.07) is 6.90. The Bertz CT molecular complexity index is 587. The molecule has 4 nitrogen and oxygen atoms in total. The molecule has 0 bridgehead atoms. The highest BCUT2D eigenvalue weighted by Gasteiger charge is 2.19. The lowest BCUT2D eigenvalue weighted by Gasteiger charge is -1.99. The minimum atomic E-state index is -0.902. The lowest BCUT2D eigenvalue weighted by molar-refractivity contribution is -0.703. The maximum absolute atomic E-state index is 10.8. The predicted octanol–water partition coefficient (Wildman–Crippen LogP) is -0.757. The number of hydrogen-bond acceptors (Lipinski definition) is 2. The molecule has 1 N–H and O–H groups in total. The number of rotatable bonds is 3. The molecule has 0 atom stereocenters. The number of carboxylic acid groups (broad SMARTS) is 1. The normalized spacial score (nSPS) is 10.1. The Hall–Kier alpha value is -1.62. The van der Waals surface area contributed by atoms with E-state index in [9.17, 15) is 4.79 Å². The Balaban J connectivity index is 0.00000180.